The number of thiophene rings is 1. The summed E-state index contributed by atoms with van der Waals surface area (Å²) in [6, 6.07) is 9.87. The summed E-state index contributed by atoms with van der Waals surface area (Å²) in [5, 5.41) is 5.88. The summed E-state index contributed by atoms with van der Waals surface area (Å²) in [5.74, 6) is 1.91. The van der Waals surface area contributed by atoms with E-state index in [1.165, 1.54) is 0 Å². The van der Waals surface area contributed by atoms with E-state index < -0.39 is 0 Å². The fraction of sp³-hybridized carbons (Fsp3) is 0.125. The van der Waals surface area contributed by atoms with Crippen LogP contribution >= 0.6 is 11.3 Å². The zero-order valence-electron chi connectivity index (χ0n) is 11.8. The largest absolute Gasteiger partial charge is 0.438 e. The highest BCUT2D eigenvalue weighted by Crippen LogP contribution is 2.33. The molecule has 2 aromatic heterocycles. The smallest absolute Gasteiger partial charge is 0.232 e. The molecule has 0 aliphatic heterocycles. The quantitative estimate of drug-likeness (QED) is 0.767. The molecule has 0 atom stereocenters. The third kappa shape index (κ3) is 2.73. The van der Waals surface area contributed by atoms with Crippen molar-refractivity contribution >= 4 is 33.6 Å². The number of hydrogen-bond donors (Lipinski definition) is 1. The van der Waals surface area contributed by atoms with Gasteiger partial charge in [-0.05, 0) is 24.4 Å². The van der Waals surface area contributed by atoms with Gasteiger partial charge in [0.2, 0.25) is 11.8 Å². The number of benzene rings is 1. The molecule has 2 heterocycles. The number of rotatable bonds is 4. The molecule has 4 nitrogen and oxygen atoms in total. The van der Waals surface area contributed by atoms with Crippen LogP contribution in [0.2, 0.25) is 0 Å². The van der Waals surface area contributed by atoms with Crippen molar-refractivity contribution in [2.45, 2.75) is 6.92 Å². The van der Waals surface area contributed by atoms with Gasteiger partial charge in [-0.3, -0.25) is 0 Å². The summed E-state index contributed by atoms with van der Waals surface area (Å²) in [6.07, 6.45) is 4.00. The standard InChI is InChI=1S/C16H15N3OS/c1-3-6-11-7-4-5-8-13(11)20-14-12-9-10-21-15(12)19-16(17-2)18-14/h3-10H,1-2H3,(H,17,18,19)/b6-3+. The zero-order chi connectivity index (χ0) is 14.7. The first kappa shape index (κ1) is 13.6. The summed E-state index contributed by atoms with van der Waals surface area (Å²) in [7, 11) is 1.80. The Morgan fingerprint density at radius 1 is 1.19 bits per heavy atom. The molecule has 0 saturated carbocycles. The molecule has 5 heteroatoms. The van der Waals surface area contributed by atoms with Crippen molar-refractivity contribution in [1.82, 2.24) is 9.97 Å². The molecule has 0 fully saturated rings. The number of nitrogens with zero attached hydrogens (tertiary/aromatic N) is 2. The minimum Gasteiger partial charge on any atom is -0.438 e. The van der Waals surface area contributed by atoms with Crippen molar-refractivity contribution in [3.8, 4) is 11.6 Å². The molecule has 0 aliphatic rings. The van der Waals surface area contributed by atoms with Gasteiger partial charge < -0.3 is 10.1 Å². The molecule has 0 saturated heterocycles. The number of anilines is 1. The van der Waals surface area contributed by atoms with Gasteiger partial charge in [-0.1, -0.05) is 30.4 Å². The highest BCUT2D eigenvalue weighted by molar-refractivity contribution is 7.16. The Bertz CT molecular complexity index is 795. The van der Waals surface area contributed by atoms with E-state index in [-0.39, 0.29) is 0 Å². The van der Waals surface area contributed by atoms with Crippen molar-refractivity contribution in [3.63, 3.8) is 0 Å². The van der Waals surface area contributed by atoms with Gasteiger partial charge in [0.05, 0.1) is 5.39 Å². The molecule has 3 aromatic rings. The second-order valence-electron chi connectivity index (χ2n) is 4.38. The van der Waals surface area contributed by atoms with Gasteiger partial charge in [0.15, 0.2) is 0 Å². The third-order valence-electron chi connectivity index (χ3n) is 2.99. The number of aromatic nitrogens is 2. The lowest BCUT2D eigenvalue weighted by molar-refractivity contribution is 0.468. The van der Waals surface area contributed by atoms with Crippen molar-refractivity contribution < 1.29 is 4.74 Å². The number of hydrogen-bond acceptors (Lipinski definition) is 5. The fourth-order valence-corrected chi connectivity index (χ4v) is 2.77. The molecule has 21 heavy (non-hydrogen) atoms. The molecule has 1 N–H and O–H groups in total. The van der Waals surface area contributed by atoms with Gasteiger partial charge in [0.25, 0.3) is 0 Å². The van der Waals surface area contributed by atoms with Crippen LogP contribution in [0.4, 0.5) is 5.95 Å². The topological polar surface area (TPSA) is 47.0 Å². The van der Waals surface area contributed by atoms with Crippen molar-refractivity contribution in [2.24, 2.45) is 0 Å². The lowest BCUT2D eigenvalue weighted by Crippen LogP contribution is -1.98. The second kappa shape index (κ2) is 5.93. The van der Waals surface area contributed by atoms with E-state index in [2.05, 4.69) is 15.3 Å². The van der Waals surface area contributed by atoms with Crippen molar-refractivity contribution in [1.29, 1.82) is 0 Å². The molecule has 0 bridgehead atoms. The molecule has 3 rings (SSSR count). The Hall–Kier alpha value is -2.40. The van der Waals surface area contributed by atoms with Crippen molar-refractivity contribution in [2.75, 3.05) is 12.4 Å². The van der Waals surface area contributed by atoms with Crippen LogP contribution in [0.1, 0.15) is 12.5 Å². The first-order valence-electron chi connectivity index (χ1n) is 6.64. The maximum atomic E-state index is 6.04. The Morgan fingerprint density at radius 2 is 2.05 bits per heavy atom. The maximum absolute atomic E-state index is 6.04. The van der Waals surface area contributed by atoms with Gasteiger partial charge in [0, 0.05) is 12.6 Å². The van der Waals surface area contributed by atoms with E-state index in [1.807, 2.05) is 54.8 Å². The summed E-state index contributed by atoms with van der Waals surface area (Å²) >= 11 is 1.57. The van der Waals surface area contributed by atoms with Gasteiger partial charge in [-0.25, -0.2) is 4.98 Å². The summed E-state index contributed by atoms with van der Waals surface area (Å²) < 4.78 is 6.04. The molecule has 0 aliphatic carbocycles. The average Bonchev–Trinajstić information content (AvgIpc) is 2.98. The number of allylic oxidation sites excluding steroid dienone is 1. The predicted octanol–water partition coefficient (Wildman–Crippen LogP) is 4.56. The molecule has 0 amide bonds. The van der Waals surface area contributed by atoms with Crippen molar-refractivity contribution in [3.05, 3.63) is 47.4 Å². The van der Waals surface area contributed by atoms with Crippen LogP contribution in [-0.2, 0) is 0 Å². The fourth-order valence-electron chi connectivity index (χ4n) is 2.01. The molecule has 0 spiro atoms. The van der Waals surface area contributed by atoms with Crippen LogP contribution in [0.3, 0.4) is 0 Å². The van der Waals surface area contributed by atoms with Gasteiger partial charge in [-0.2, -0.15) is 4.98 Å². The monoisotopic (exact) mass is 297 g/mol. The van der Waals surface area contributed by atoms with Gasteiger partial charge >= 0.3 is 0 Å². The molecule has 1 aromatic carbocycles. The van der Waals surface area contributed by atoms with E-state index in [1.54, 1.807) is 18.4 Å². The number of fused-ring (bicyclic) bond motifs is 1. The zero-order valence-corrected chi connectivity index (χ0v) is 12.6. The van der Waals surface area contributed by atoms with E-state index in [0.717, 1.165) is 21.5 Å². The van der Waals surface area contributed by atoms with Gasteiger partial charge in [0.1, 0.15) is 10.6 Å². The van der Waals surface area contributed by atoms with E-state index in [9.17, 15) is 0 Å². The highest BCUT2D eigenvalue weighted by atomic mass is 32.1. The van der Waals surface area contributed by atoms with Crippen LogP contribution in [0, 0.1) is 0 Å². The molecular formula is C16H15N3OS. The lowest BCUT2D eigenvalue weighted by Gasteiger charge is -2.10. The first-order valence-corrected chi connectivity index (χ1v) is 7.52. The van der Waals surface area contributed by atoms with Crippen LogP contribution in [0.5, 0.6) is 11.6 Å². The minimum atomic E-state index is 0.559. The summed E-state index contributed by atoms with van der Waals surface area (Å²) in [6.45, 7) is 1.98. The van der Waals surface area contributed by atoms with Crippen LogP contribution in [0.15, 0.2) is 41.8 Å². The van der Waals surface area contributed by atoms with E-state index in [0.29, 0.717) is 11.8 Å². The Labute approximate surface area is 127 Å². The second-order valence-corrected chi connectivity index (χ2v) is 5.28. The van der Waals surface area contributed by atoms with E-state index in [4.69, 9.17) is 4.74 Å². The highest BCUT2D eigenvalue weighted by Gasteiger charge is 2.11. The Morgan fingerprint density at radius 3 is 2.86 bits per heavy atom. The van der Waals surface area contributed by atoms with Crippen LogP contribution < -0.4 is 10.1 Å². The minimum absolute atomic E-state index is 0.559. The first-order chi connectivity index (χ1) is 10.3. The molecule has 0 unspecified atom stereocenters. The predicted molar refractivity (Wildman–Crippen MR) is 88.2 cm³/mol. The summed E-state index contributed by atoms with van der Waals surface area (Å²) in [5.41, 5.74) is 1.02. The average molecular weight is 297 g/mol. The lowest BCUT2D eigenvalue weighted by atomic mass is 10.2. The number of para-hydroxylation sites is 1. The van der Waals surface area contributed by atoms with Crippen LogP contribution in [-0.4, -0.2) is 17.0 Å². The van der Waals surface area contributed by atoms with E-state index >= 15 is 0 Å². The number of ether oxygens (including phenoxy) is 1. The van der Waals surface area contributed by atoms with Crippen LogP contribution in [0.25, 0.3) is 16.3 Å². The normalized spacial score (nSPS) is 11.1. The van der Waals surface area contributed by atoms with Gasteiger partial charge in [-0.15, -0.1) is 11.3 Å². The summed E-state index contributed by atoms with van der Waals surface area (Å²) in [4.78, 5) is 9.75. The maximum Gasteiger partial charge on any atom is 0.232 e. The Balaban J connectivity index is 2.07. The SMILES string of the molecule is C/C=C/c1ccccc1Oc1nc(NC)nc2sccc12. The molecular weight excluding hydrogens is 282 g/mol. The third-order valence-corrected chi connectivity index (χ3v) is 3.79. The number of nitrogens with one attached hydrogen (secondary N) is 1. The molecule has 0 radical (unpaired) electrons. The molecule has 106 valence electrons. The Kier molecular flexibility index (Phi) is 3.83.